The average molecular weight is 197 g/mol. The molecule has 0 aliphatic rings. The fourth-order valence-electron chi connectivity index (χ4n) is 1.12. The van der Waals surface area contributed by atoms with Crippen LogP contribution in [0.1, 0.15) is 17.7 Å². The molecule has 1 atom stereocenters. The molecule has 0 aliphatic heterocycles. The van der Waals surface area contributed by atoms with E-state index in [0.717, 1.165) is 5.56 Å². The molecule has 1 rings (SSSR count). The van der Waals surface area contributed by atoms with E-state index < -0.39 is 0 Å². The number of hydrogen-bond donors (Lipinski definition) is 0. The summed E-state index contributed by atoms with van der Waals surface area (Å²) in [6, 6.07) is 6.87. The smallest absolute Gasteiger partial charge is 0.258 e. The van der Waals surface area contributed by atoms with Gasteiger partial charge in [0.15, 0.2) is 0 Å². The molecule has 0 bridgehead atoms. The molecule has 70 valence electrons. The van der Waals surface area contributed by atoms with Crippen LogP contribution in [-0.2, 0) is 0 Å². The van der Waals surface area contributed by atoms with Crippen molar-refractivity contribution in [3.8, 4) is 0 Å². The SMILES string of the molecule is CSC(C)c1ccccc1[N+](=O)[O-]. The Morgan fingerprint density at radius 1 is 1.46 bits per heavy atom. The van der Waals surface area contributed by atoms with Gasteiger partial charge in [-0.05, 0) is 13.2 Å². The van der Waals surface area contributed by atoms with Crippen molar-refractivity contribution in [1.82, 2.24) is 0 Å². The Morgan fingerprint density at radius 2 is 2.08 bits per heavy atom. The van der Waals surface area contributed by atoms with Gasteiger partial charge in [0, 0.05) is 16.9 Å². The molecule has 0 spiro atoms. The molecule has 1 aromatic carbocycles. The highest BCUT2D eigenvalue weighted by molar-refractivity contribution is 7.98. The van der Waals surface area contributed by atoms with Gasteiger partial charge in [0.25, 0.3) is 5.69 Å². The van der Waals surface area contributed by atoms with Crippen LogP contribution in [0, 0.1) is 10.1 Å². The molecule has 0 aliphatic carbocycles. The normalized spacial score (nSPS) is 12.5. The molecule has 4 heteroatoms. The van der Waals surface area contributed by atoms with Gasteiger partial charge in [-0.2, -0.15) is 11.8 Å². The van der Waals surface area contributed by atoms with Crippen LogP contribution in [-0.4, -0.2) is 11.2 Å². The first-order valence-electron chi connectivity index (χ1n) is 3.93. The minimum absolute atomic E-state index is 0.168. The molecule has 0 amide bonds. The molecular formula is C9H11NO2S. The summed E-state index contributed by atoms with van der Waals surface area (Å²) in [5.41, 5.74) is 1.00. The van der Waals surface area contributed by atoms with Crippen molar-refractivity contribution in [3.63, 3.8) is 0 Å². The zero-order valence-electron chi connectivity index (χ0n) is 7.56. The third-order valence-corrected chi connectivity index (χ3v) is 2.89. The Hall–Kier alpha value is -1.03. The topological polar surface area (TPSA) is 43.1 Å². The number of nitro groups is 1. The Balaban J connectivity index is 3.11. The molecule has 1 aromatic rings. The van der Waals surface area contributed by atoms with Gasteiger partial charge in [0.2, 0.25) is 0 Å². The highest BCUT2D eigenvalue weighted by atomic mass is 32.2. The lowest BCUT2D eigenvalue weighted by Gasteiger charge is -2.07. The van der Waals surface area contributed by atoms with Crippen LogP contribution in [0.4, 0.5) is 5.69 Å². The highest BCUT2D eigenvalue weighted by Gasteiger charge is 2.16. The molecule has 3 nitrogen and oxygen atoms in total. The minimum Gasteiger partial charge on any atom is -0.258 e. The van der Waals surface area contributed by atoms with E-state index in [-0.39, 0.29) is 15.9 Å². The summed E-state index contributed by atoms with van der Waals surface area (Å²) in [7, 11) is 0. The highest BCUT2D eigenvalue weighted by Crippen LogP contribution is 2.32. The summed E-state index contributed by atoms with van der Waals surface area (Å²) >= 11 is 1.60. The van der Waals surface area contributed by atoms with Crippen LogP contribution in [0.25, 0.3) is 0 Å². The van der Waals surface area contributed by atoms with E-state index >= 15 is 0 Å². The van der Waals surface area contributed by atoms with Gasteiger partial charge in [0.1, 0.15) is 0 Å². The summed E-state index contributed by atoms with van der Waals surface area (Å²) in [6.45, 7) is 1.97. The lowest BCUT2D eigenvalue weighted by atomic mass is 10.1. The number of nitrogens with zero attached hydrogens (tertiary/aromatic N) is 1. The van der Waals surface area contributed by atoms with Crippen LogP contribution >= 0.6 is 11.8 Å². The zero-order valence-corrected chi connectivity index (χ0v) is 8.38. The van der Waals surface area contributed by atoms with Crippen LogP contribution in [0.3, 0.4) is 0 Å². The van der Waals surface area contributed by atoms with Crippen molar-refractivity contribution >= 4 is 17.4 Å². The van der Waals surface area contributed by atoms with Crippen molar-refractivity contribution < 1.29 is 4.92 Å². The fourth-order valence-corrected chi connectivity index (χ4v) is 1.58. The Labute approximate surface area is 81.3 Å². The maximum Gasteiger partial charge on any atom is 0.273 e. The first-order chi connectivity index (χ1) is 6.16. The summed E-state index contributed by atoms with van der Waals surface area (Å²) < 4.78 is 0. The molecule has 0 saturated heterocycles. The number of rotatable bonds is 3. The lowest BCUT2D eigenvalue weighted by molar-refractivity contribution is -0.385. The third-order valence-electron chi connectivity index (χ3n) is 1.92. The Kier molecular flexibility index (Phi) is 3.31. The lowest BCUT2D eigenvalue weighted by Crippen LogP contribution is -1.96. The number of nitro benzene ring substituents is 1. The van der Waals surface area contributed by atoms with Gasteiger partial charge in [-0.25, -0.2) is 0 Å². The monoisotopic (exact) mass is 197 g/mol. The number of benzene rings is 1. The van der Waals surface area contributed by atoms with Gasteiger partial charge in [-0.3, -0.25) is 10.1 Å². The maximum absolute atomic E-state index is 10.6. The van der Waals surface area contributed by atoms with Crippen LogP contribution in [0.2, 0.25) is 0 Å². The quantitative estimate of drug-likeness (QED) is 0.552. The predicted octanol–water partition coefficient (Wildman–Crippen LogP) is 3.02. The second-order valence-corrected chi connectivity index (χ2v) is 3.87. The molecule has 0 radical (unpaired) electrons. The standard InChI is InChI=1S/C9H11NO2S/c1-7(13-2)8-5-3-4-6-9(8)10(11)12/h3-7H,1-2H3. The van der Waals surface area contributed by atoms with E-state index in [1.54, 1.807) is 30.0 Å². The van der Waals surface area contributed by atoms with Gasteiger partial charge in [0.05, 0.1) is 4.92 Å². The van der Waals surface area contributed by atoms with E-state index in [4.69, 9.17) is 0 Å². The average Bonchev–Trinajstić information content (AvgIpc) is 2.16. The van der Waals surface area contributed by atoms with E-state index in [2.05, 4.69) is 0 Å². The first-order valence-corrected chi connectivity index (χ1v) is 5.21. The number of para-hydroxylation sites is 1. The van der Waals surface area contributed by atoms with Gasteiger partial charge >= 0.3 is 0 Å². The Bertz CT molecular complexity index is 314. The molecule has 13 heavy (non-hydrogen) atoms. The summed E-state index contributed by atoms with van der Waals surface area (Å²) in [6.07, 6.45) is 1.95. The maximum atomic E-state index is 10.6. The molecule has 0 fully saturated rings. The van der Waals surface area contributed by atoms with Gasteiger partial charge in [-0.1, -0.05) is 18.2 Å². The van der Waals surface area contributed by atoms with Crippen molar-refractivity contribution in [2.75, 3.05) is 6.26 Å². The number of hydrogen-bond acceptors (Lipinski definition) is 3. The molecule has 0 N–H and O–H groups in total. The van der Waals surface area contributed by atoms with E-state index in [0.29, 0.717) is 0 Å². The molecule has 1 unspecified atom stereocenters. The summed E-state index contributed by atoms with van der Waals surface area (Å²) in [5, 5.41) is 10.8. The van der Waals surface area contributed by atoms with Crippen molar-refractivity contribution in [2.24, 2.45) is 0 Å². The Morgan fingerprint density at radius 3 is 2.62 bits per heavy atom. The zero-order chi connectivity index (χ0) is 9.84. The van der Waals surface area contributed by atoms with Crippen molar-refractivity contribution in [3.05, 3.63) is 39.9 Å². The largest absolute Gasteiger partial charge is 0.273 e. The van der Waals surface area contributed by atoms with Gasteiger partial charge in [-0.15, -0.1) is 0 Å². The second kappa shape index (κ2) is 4.28. The second-order valence-electron chi connectivity index (χ2n) is 2.69. The molecule has 0 heterocycles. The van der Waals surface area contributed by atoms with Crippen LogP contribution < -0.4 is 0 Å². The summed E-state index contributed by atoms with van der Waals surface area (Å²) in [4.78, 5) is 10.3. The fraction of sp³-hybridized carbons (Fsp3) is 0.333. The predicted molar refractivity (Wildman–Crippen MR) is 55.0 cm³/mol. The van der Waals surface area contributed by atoms with Crippen molar-refractivity contribution in [1.29, 1.82) is 0 Å². The number of thioether (sulfide) groups is 1. The summed E-state index contributed by atoms with van der Waals surface area (Å²) in [5.74, 6) is 0. The molecule has 0 aromatic heterocycles. The van der Waals surface area contributed by atoms with Crippen LogP contribution in [0.15, 0.2) is 24.3 Å². The van der Waals surface area contributed by atoms with E-state index in [9.17, 15) is 10.1 Å². The first kappa shape index (κ1) is 10.1. The molecular weight excluding hydrogens is 186 g/mol. The van der Waals surface area contributed by atoms with E-state index in [1.807, 2.05) is 19.2 Å². The van der Waals surface area contributed by atoms with Crippen molar-refractivity contribution in [2.45, 2.75) is 12.2 Å². The molecule has 0 saturated carbocycles. The van der Waals surface area contributed by atoms with Gasteiger partial charge < -0.3 is 0 Å². The van der Waals surface area contributed by atoms with E-state index in [1.165, 1.54) is 0 Å². The third kappa shape index (κ3) is 2.21. The van der Waals surface area contributed by atoms with Crippen LogP contribution in [0.5, 0.6) is 0 Å². The minimum atomic E-state index is -0.331.